The van der Waals surface area contributed by atoms with Crippen LogP contribution in [0.3, 0.4) is 0 Å². The lowest BCUT2D eigenvalue weighted by Crippen LogP contribution is -2.21. The molecule has 3 aromatic rings. The van der Waals surface area contributed by atoms with E-state index in [-0.39, 0.29) is 5.91 Å². The summed E-state index contributed by atoms with van der Waals surface area (Å²) < 4.78 is 4.81. The number of nitrogens with one attached hydrogen (secondary N) is 2. The summed E-state index contributed by atoms with van der Waals surface area (Å²) in [7, 11) is 1.34. The van der Waals surface area contributed by atoms with Gasteiger partial charge in [-0.3, -0.25) is 9.79 Å². The number of anilines is 1. The maximum atomic E-state index is 13.1. The van der Waals surface area contributed by atoms with Crippen LogP contribution in [0.2, 0.25) is 0 Å². The Bertz CT molecular complexity index is 1170. The monoisotopic (exact) mass is 441 g/mol. The number of carbonyl (C=O) groups excluding carboxylic acids is 2. The second-order valence-electron chi connectivity index (χ2n) is 7.92. The lowest BCUT2D eigenvalue weighted by molar-refractivity contribution is -0.115. The molecule has 0 saturated carbocycles. The van der Waals surface area contributed by atoms with Crippen LogP contribution < -0.4 is 10.6 Å². The summed E-state index contributed by atoms with van der Waals surface area (Å²) in [6.45, 7) is 3.93. The SMILES string of the molecule is CCCNCc1ccc(N=C(c2ccccc2)C2C(=O)Nc3cc(C(=O)OC)ccc32)cc1. The second-order valence-corrected chi connectivity index (χ2v) is 7.92. The van der Waals surface area contributed by atoms with Gasteiger partial charge in [0.1, 0.15) is 5.92 Å². The van der Waals surface area contributed by atoms with Gasteiger partial charge in [-0.2, -0.15) is 0 Å². The number of carbonyl (C=O) groups is 2. The third-order valence-electron chi connectivity index (χ3n) is 5.59. The highest BCUT2D eigenvalue weighted by molar-refractivity contribution is 6.24. The van der Waals surface area contributed by atoms with Crippen molar-refractivity contribution in [3.63, 3.8) is 0 Å². The Morgan fingerprint density at radius 2 is 1.79 bits per heavy atom. The number of aliphatic imine (C=N–C) groups is 1. The van der Waals surface area contributed by atoms with Gasteiger partial charge in [0.25, 0.3) is 0 Å². The topological polar surface area (TPSA) is 79.8 Å². The van der Waals surface area contributed by atoms with Gasteiger partial charge in [-0.1, -0.05) is 55.5 Å². The third kappa shape index (κ3) is 5.02. The van der Waals surface area contributed by atoms with Gasteiger partial charge in [0, 0.05) is 12.2 Å². The van der Waals surface area contributed by atoms with Crippen LogP contribution in [0.1, 0.15) is 46.3 Å². The zero-order valence-corrected chi connectivity index (χ0v) is 18.8. The van der Waals surface area contributed by atoms with Crippen molar-refractivity contribution < 1.29 is 14.3 Å². The van der Waals surface area contributed by atoms with E-state index in [1.54, 1.807) is 18.2 Å². The minimum Gasteiger partial charge on any atom is -0.465 e. The largest absolute Gasteiger partial charge is 0.465 e. The van der Waals surface area contributed by atoms with Gasteiger partial charge in [-0.25, -0.2) is 4.79 Å². The number of amides is 1. The maximum Gasteiger partial charge on any atom is 0.337 e. The van der Waals surface area contributed by atoms with E-state index in [2.05, 4.69) is 29.7 Å². The first-order chi connectivity index (χ1) is 16.1. The Hall–Kier alpha value is -3.77. The van der Waals surface area contributed by atoms with Gasteiger partial charge in [0.05, 0.1) is 24.1 Å². The zero-order valence-electron chi connectivity index (χ0n) is 18.8. The summed E-state index contributed by atoms with van der Waals surface area (Å²) in [5.74, 6) is -1.20. The molecule has 0 saturated heterocycles. The summed E-state index contributed by atoms with van der Waals surface area (Å²) in [4.78, 5) is 29.9. The molecule has 1 aliphatic rings. The first-order valence-electron chi connectivity index (χ1n) is 11.1. The molecule has 168 valence electrons. The molecule has 4 rings (SSSR count). The van der Waals surface area contributed by atoms with Crippen molar-refractivity contribution in [2.45, 2.75) is 25.8 Å². The lowest BCUT2D eigenvalue weighted by atomic mass is 9.90. The molecule has 33 heavy (non-hydrogen) atoms. The van der Waals surface area contributed by atoms with E-state index in [0.29, 0.717) is 17.0 Å². The normalized spacial score (nSPS) is 15.2. The van der Waals surface area contributed by atoms with Gasteiger partial charge in [0.2, 0.25) is 5.91 Å². The van der Waals surface area contributed by atoms with Crippen molar-refractivity contribution in [3.05, 3.63) is 95.1 Å². The van der Waals surface area contributed by atoms with E-state index in [1.165, 1.54) is 12.7 Å². The number of hydrogen-bond donors (Lipinski definition) is 2. The summed E-state index contributed by atoms with van der Waals surface area (Å²) in [6.07, 6.45) is 1.09. The summed E-state index contributed by atoms with van der Waals surface area (Å²) in [5.41, 5.74) is 5.28. The fourth-order valence-corrected chi connectivity index (χ4v) is 3.92. The fourth-order valence-electron chi connectivity index (χ4n) is 3.92. The fraction of sp³-hybridized carbons (Fsp3) is 0.222. The molecule has 0 aliphatic carbocycles. The Morgan fingerprint density at radius 1 is 1.03 bits per heavy atom. The van der Waals surface area contributed by atoms with Crippen LogP contribution in [0.25, 0.3) is 0 Å². The van der Waals surface area contributed by atoms with Crippen molar-refractivity contribution in [2.75, 3.05) is 19.0 Å². The quantitative estimate of drug-likeness (QED) is 0.298. The second kappa shape index (κ2) is 10.2. The van der Waals surface area contributed by atoms with E-state index in [0.717, 1.165) is 36.3 Å². The number of nitrogens with zero attached hydrogens (tertiary/aromatic N) is 1. The molecular formula is C27H27N3O3. The maximum absolute atomic E-state index is 13.1. The van der Waals surface area contributed by atoms with Crippen LogP contribution in [0, 0.1) is 0 Å². The van der Waals surface area contributed by atoms with E-state index < -0.39 is 11.9 Å². The molecule has 6 nitrogen and oxygen atoms in total. The number of rotatable bonds is 8. The van der Waals surface area contributed by atoms with Gasteiger partial charge in [-0.05, 0) is 53.9 Å². The molecular weight excluding hydrogens is 414 g/mol. The Labute approximate surface area is 193 Å². The zero-order chi connectivity index (χ0) is 23.2. The molecule has 2 N–H and O–H groups in total. The van der Waals surface area contributed by atoms with Crippen LogP contribution in [-0.2, 0) is 16.1 Å². The van der Waals surface area contributed by atoms with Crippen molar-refractivity contribution in [1.82, 2.24) is 5.32 Å². The predicted molar refractivity (Wildman–Crippen MR) is 130 cm³/mol. The molecule has 6 heteroatoms. The number of fused-ring (bicyclic) bond motifs is 1. The number of esters is 1. The van der Waals surface area contributed by atoms with Crippen LogP contribution in [0.5, 0.6) is 0 Å². The highest BCUT2D eigenvalue weighted by atomic mass is 16.5. The highest BCUT2D eigenvalue weighted by Crippen LogP contribution is 2.37. The third-order valence-corrected chi connectivity index (χ3v) is 5.59. The van der Waals surface area contributed by atoms with Crippen molar-refractivity contribution in [2.24, 2.45) is 4.99 Å². The average molecular weight is 442 g/mol. The van der Waals surface area contributed by atoms with E-state index in [4.69, 9.17) is 9.73 Å². The van der Waals surface area contributed by atoms with Crippen molar-refractivity contribution >= 4 is 29.0 Å². The van der Waals surface area contributed by atoms with Crippen molar-refractivity contribution in [1.29, 1.82) is 0 Å². The minimum absolute atomic E-state index is 0.171. The average Bonchev–Trinajstić information content (AvgIpc) is 3.18. The minimum atomic E-state index is -0.583. The lowest BCUT2D eigenvalue weighted by Gasteiger charge is -2.14. The van der Waals surface area contributed by atoms with Gasteiger partial charge < -0.3 is 15.4 Å². The first kappa shape index (κ1) is 22.4. The van der Waals surface area contributed by atoms with Crippen LogP contribution in [-0.4, -0.2) is 31.2 Å². The first-order valence-corrected chi connectivity index (χ1v) is 11.1. The van der Waals surface area contributed by atoms with E-state index in [1.807, 2.05) is 42.5 Å². The van der Waals surface area contributed by atoms with Gasteiger partial charge >= 0.3 is 5.97 Å². The standard InChI is InChI=1S/C27H27N3O3/c1-3-15-28-17-18-9-12-21(13-10-18)29-25(19-7-5-4-6-8-19)24-22-14-11-20(27(32)33-2)16-23(22)30-26(24)31/h4-14,16,24,28H,3,15,17H2,1-2H3,(H,30,31). The summed E-state index contributed by atoms with van der Waals surface area (Å²) in [5, 5.41) is 6.30. The molecule has 0 bridgehead atoms. The summed E-state index contributed by atoms with van der Waals surface area (Å²) >= 11 is 0. The molecule has 0 spiro atoms. The van der Waals surface area contributed by atoms with Gasteiger partial charge in [-0.15, -0.1) is 0 Å². The molecule has 1 amide bonds. The molecule has 0 fully saturated rings. The molecule has 1 aliphatic heterocycles. The Morgan fingerprint density at radius 3 is 2.48 bits per heavy atom. The number of ether oxygens (including phenoxy) is 1. The summed E-state index contributed by atoms with van der Waals surface area (Å²) in [6, 6.07) is 22.9. The van der Waals surface area contributed by atoms with Crippen LogP contribution in [0.4, 0.5) is 11.4 Å². The molecule has 1 atom stereocenters. The van der Waals surface area contributed by atoms with Gasteiger partial charge in [0.15, 0.2) is 0 Å². The van der Waals surface area contributed by atoms with Crippen LogP contribution in [0.15, 0.2) is 77.8 Å². The number of methoxy groups -OCH3 is 1. The number of benzene rings is 3. The van der Waals surface area contributed by atoms with Crippen molar-refractivity contribution in [3.8, 4) is 0 Å². The molecule has 1 unspecified atom stereocenters. The Kier molecular flexibility index (Phi) is 6.95. The molecule has 3 aromatic carbocycles. The van der Waals surface area contributed by atoms with E-state index in [9.17, 15) is 9.59 Å². The predicted octanol–water partition coefficient (Wildman–Crippen LogP) is 4.83. The smallest absolute Gasteiger partial charge is 0.337 e. The van der Waals surface area contributed by atoms with E-state index >= 15 is 0 Å². The number of hydrogen-bond acceptors (Lipinski definition) is 5. The van der Waals surface area contributed by atoms with Crippen LogP contribution >= 0.6 is 0 Å². The highest BCUT2D eigenvalue weighted by Gasteiger charge is 2.35. The molecule has 1 heterocycles. The molecule has 0 radical (unpaired) electrons. The Balaban J connectivity index is 1.71. The molecule has 0 aromatic heterocycles.